The zero-order valence-corrected chi connectivity index (χ0v) is 18.8. The van der Waals surface area contributed by atoms with Gasteiger partial charge in [-0.15, -0.1) is 0 Å². The third-order valence-electron chi connectivity index (χ3n) is 5.02. The summed E-state index contributed by atoms with van der Waals surface area (Å²) in [6, 6.07) is 20.9. The lowest BCUT2D eigenvalue weighted by molar-refractivity contribution is 0.269. The number of ether oxygens (including phenoxy) is 2. The summed E-state index contributed by atoms with van der Waals surface area (Å²) in [6.07, 6.45) is 1.86. The van der Waals surface area contributed by atoms with Crippen LogP contribution in [0.3, 0.4) is 0 Å². The van der Waals surface area contributed by atoms with E-state index >= 15 is 0 Å². The molecule has 0 aliphatic rings. The van der Waals surface area contributed by atoms with Gasteiger partial charge in [0.05, 0.1) is 22.2 Å². The number of benzene rings is 3. The molecule has 32 heavy (non-hydrogen) atoms. The summed E-state index contributed by atoms with van der Waals surface area (Å²) >= 11 is 7.32. The Labute approximate surface area is 193 Å². The topological polar surface area (TPSA) is 52.8 Å². The van der Waals surface area contributed by atoms with Crippen LogP contribution >= 0.6 is 22.9 Å². The van der Waals surface area contributed by atoms with E-state index < -0.39 is 0 Å². The Kier molecular flexibility index (Phi) is 5.55. The van der Waals surface area contributed by atoms with E-state index in [9.17, 15) is 4.79 Å². The highest BCUT2D eigenvalue weighted by Crippen LogP contribution is 2.30. The van der Waals surface area contributed by atoms with Crippen molar-refractivity contribution in [3.05, 3.63) is 97.8 Å². The van der Waals surface area contributed by atoms with Crippen LogP contribution in [0.1, 0.15) is 18.1 Å². The second kappa shape index (κ2) is 8.65. The number of halogens is 1. The SMILES string of the molecule is CCOc1cc(/C=c2/sc3nc4ccccc4n3c2=O)ccc1OCc1ccc(Cl)cc1. The van der Waals surface area contributed by atoms with Gasteiger partial charge < -0.3 is 9.47 Å². The second-order valence-corrected chi connectivity index (χ2v) is 8.63. The summed E-state index contributed by atoms with van der Waals surface area (Å²) < 4.78 is 14.1. The van der Waals surface area contributed by atoms with Gasteiger partial charge in [0, 0.05) is 5.02 Å². The van der Waals surface area contributed by atoms with Crippen molar-refractivity contribution in [1.82, 2.24) is 9.38 Å². The molecule has 0 spiro atoms. The number of thiazole rings is 1. The van der Waals surface area contributed by atoms with E-state index in [2.05, 4.69) is 4.98 Å². The predicted molar refractivity (Wildman–Crippen MR) is 129 cm³/mol. The van der Waals surface area contributed by atoms with Gasteiger partial charge in [0.15, 0.2) is 16.5 Å². The third kappa shape index (κ3) is 3.95. The van der Waals surface area contributed by atoms with Gasteiger partial charge in [-0.2, -0.15) is 0 Å². The van der Waals surface area contributed by atoms with Crippen LogP contribution in [0, 0.1) is 0 Å². The first kappa shape index (κ1) is 20.5. The highest BCUT2D eigenvalue weighted by Gasteiger charge is 2.11. The molecule has 5 aromatic rings. The van der Waals surface area contributed by atoms with Crippen LogP contribution in [0.2, 0.25) is 5.02 Å². The summed E-state index contributed by atoms with van der Waals surface area (Å²) in [5.74, 6) is 1.28. The molecule has 0 fully saturated rings. The van der Waals surface area contributed by atoms with E-state index in [0.29, 0.717) is 39.2 Å². The molecule has 0 aliphatic heterocycles. The molecule has 0 amide bonds. The summed E-state index contributed by atoms with van der Waals surface area (Å²) in [4.78, 5) is 18.3. The van der Waals surface area contributed by atoms with Gasteiger partial charge in [0.25, 0.3) is 5.56 Å². The first-order valence-electron chi connectivity index (χ1n) is 10.2. The van der Waals surface area contributed by atoms with Crippen molar-refractivity contribution in [2.45, 2.75) is 13.5 Å². The van der Waals surface area contributed by atoms with E-state index in [1.807, 2.05) is 79.7 Å². The zero-order valence-electron chi connectivity index (χ0n) is 17.2. The Bertz CT molecular complexity index is 1520. The van der Waals surface area contributed by atoms with Crippen LogP contribution in [-0.4, -0.2) is 16.0 Å². The molecule has 2 heterocycles. The van der Waals surface area contributed by atoms with E-state index in [4.69, 9.17) is 21.1 Å². The van der Waals surface area contributed by atoms with Crippen molar-refractivity contribution >= 4 is 45.0 Å². The minimum atomic E-state index is -0.0697. The number of nitrogens with zero attached hydrogens (tertiary/aromatic N) is 2. The lowest BCUT2D eigenvalue weighted by Gasteiger charge is -2.12. The molecule has 0 saturated heterocycles. The van der Waals surface area contributed by atoms with Gasteiger partial charge in [-0.3, -0.25) is 4.79 Å². The van der Waals surface area contributed by atoms with Gasteiger partial charge in [-0.1, -0.05) is 53.3 Å². The van der Waals surface area contributed by atoms with Gasteiger partial charge in [0.2, 0.25) is 0 Å². The fourth-order valence-electron chi connectivity index (χ4n) is 3.51. The van der Waals surface area contributed by atoms with Crippen molar-refractivity contribution in [1.29, 1.82) is 0 Å². The Balaban J connectivity index is 1.48. The van der Waals surface area contributed by atoms with E-state index in [1.165, 1.54) is 11.3 Å². The molecule has 7 heteroatoms. The maximum Gasteiger partial charge on any atom is 0.274 e. The summed E-state index contributed by atoms with van der Waals surface area (Å²) in [6.45, 7) is 2.83. The molecular weight excluding hydrogens is 444 g/mol. The summed E-state index contributed by atoms with van der Waals surface area (Å²) in [5, 5.41) is 0.690. The molecule has 0 saturated carbocycles. The maximum atomic E-state index is 13.0. The fourth-order valence-corrected chi connectivity index (χ4v) is 4.62. The van der Waals surface area contributed by atoms with E-state index in [1.54, 1.807) is 4.40 Å². The Hall–Kier alpha value is -3.35. The molecule has 0 atom stereocenters. The van der Waals surface area contributed by atoms with Crippen LogP contribution in [-0.2, 0) is 6.61 Å². The van der Waals surface area contributed by atoms with Crippen molar-refractivity contribution in [3.63, 3.8) is 0 Å². The van der Waals surface area contributed by atoms with Crippen LogP contribution in [0.5, 0.6) is 11.5 Å². The quantitative estimate of drug-likeness (QED) is 0.353. The van der Waals surface area contributed by atoms with Crippen LogP contribution in [0.4, 0.5) is 0 Å². The van der Waals surface area contributed by atoms with Gasteiger partial charge in [0.1, 0.15) is 6.61 Å². The van der Waals surface area contributed by atoms with Crippen molar-refractivity contribution in [3.8, 4) is 11.5 Å². The Morgan fingerprint density at radius 1 is 1.03 bits per heavy atom. The number of hydrogen-bond acceptors (Lipinski definition) is 5. The van der Waals surface area contributed by atoms with Crippen molar-refractivity contribution in [2.24, 2.45) is 0 Å². The number of imidazole rings is 1. The molecule has 0 N–H and O–H groups in total. The molecule has 5 rings (SSSR count). The normalized spacial score (nSPS) is 12.0. The molecule has 5 nitrogen and oxygen atoms in total. The summed E-state index contributed by atoms with van der Waals surface area (Å²) in [5.41, 5.74) is 3.45. The van der Waals surface area contributed by atoms with Crippen LogP contribution in [0.15, 0.2) is 71.5 Å². The maximum absolute atomic E-state index is 13.0. The minimum absolute atomic E-state index is 0.0697. The minimum Gasteiger partial charge on any atom is -0.490 e. The van der Waals surface area contributed by atoms with Crippen LogP contribution < -0.4 is 19.6 Å². The fraction of sp³-hybridized carbons (Fsp3) is 0.120. The average molecular weight is 463 g/mol. The molecule has 160 valence electrons. The standard InChI is InChI=1S/C25H19ClN2O3S/c1-2-30-22-13-17(9-12-21(22)31-15-16-7-10-18(26)11-8-16)14-23-24(29)28-20-6-4-3-5-19(20)27-25(28)32-23/h3-14H,2,15H2,1H3/b23-14+. The molecule has 3 aromatic carbocycles. The van der Waals surface area contributed by atoms with E-state index in [-0.39, 0.29) is 5.56 Å². The summed E-state index contributed by atoms with van der Waals surface area (Å²) in [7, 11) is 0. The number of hydrogen-bond donors (Lipinski definition) is 0. The van der Waals surface area contributed by atoms with Gasteiger partial charge >= 0.3 is 0 Å². The monoisotopic (exact) mass is 462 g/mol. The van der Waals surface area contributed by atoms with E-state index in [0.717, 1.165) is 22.2 Å². The third-order valence-corrected chi connectivity index (χ3v) is 6.24. The number of fused-ring (bicyclic) bond motifs is 3. The lowest BCUT2D eigenvalue weighted by atomic mass is 10.2. The van der Waals surface area contributed by atoms with Crippen molar-refractivity contribution < 1.29 is 9.47 Å². The lowest BCUT2D eigenvalue weighted by Crippen LogP contribution is -2.22. The highest BCUT2D eigenvalue weighted by molar-refractivity contribution is 7.15. The number of para-hydroxylation sites is 2. The average Bonchev–Trinajstić information content (AvgIpc) is 3.31. The Morgan fingerprint density at radius 3 is 2.66 bits per heavy atom. The molecule has 2 aromatic heterocycles. The van der Waals surface area contributed by atoms with Crippen LogP contribution in [0.25, 0.3) is 22.1 Å². The number of rotatable bonds is 6. The predicted octanol–water partition coefficient (Wildman–Crippen LogP) is 5.09. The molecule has 0 aliphatic carbocycles. The highest BCUT2D eigenvalue weighted by atomic mass is 35.5. The first-order chi connectivity index (χ1) is 15.6. The largest absolute Gasteiger partial charge is 0.490 e. The number of aromatic nitrogens is 2. The second-order valence-electron chi connectivity index (χ2n) is 7.19. The molecule has 0 radical (unpaired) electrons. The molecular formula is C25H19ClN2O3S. The molecule has 0 unspecified atom stereocenters. The smallest absolute Gasteiger partial charge is 0.274 e. The van der Waals surface area contributed by atoms with Gasteiger partial charge in [-0.25, -0.2) is 9.38 Å². The zero-order chi connectivity index (χ0) is 22.1. The van der Waals surface area contributed by atoms with Crippen molar-refractivity contribution in [2.75, 3.05) is 6.61 Å². The van der Waals surface area contributed by atoms with Gasteiger partial charge in [-0.05, 0) is 60.5 Å². The Morgan fingerprint density at radius 2 is 1.84 bits per heavy atom. The molecule has 0 bridgehead atoms. The first-order valence-corrected chi connectivity index (χ1v) is 11.4.